The first-order valence-electron chi connectivity index (χ1n) is 9.32. The van der Waals surface area contributed by atoms with Gasteiger partial charge in [0.2, 0.25) is 0 Å². The number of rotatable bonds is 6. The van der Waals surface area contributed by atoms with Gasteiger partial charge in [-0.2, -0.15) is 0 Å². The van der Waals surface area contributed by atoms with E-state index >= 15 is 0 Å². The molecule has 0 fully saturated rings. The van der Waals surface area contributed by atoms with Crippen molar-refractivity contribution in [2.24, 2.45) is 0 Å². The van der Waals surface area contributed by atoms with E-state index < -0.39 is 11.7 Å². The summed E-state index contributed by atoms with van der Waals surface area (Å²) in [7, 11) is 11.8. The Morgan fingerprint density at radius 3 is 1.38 bits per heavy atom. The highest BCUT2D eigenvalue weighted by Gasteiger charge is 2.23. The predicted molar refractivity (Wildman–Crippen MR) is 122 cm³/mol. The van der Waals surface area contributed by atoms with Gasteiger partial charge in [0.25, 0.3) is 0 Å². The molecule has 1 unspecified atom stereocenters. The van der Waals surface area contributed by atoms with Gasteiger partial charge >= 0.3 is 11.9 Å². The van der Waals surface area contributed by atoms with Crippen LogP contribution in [-0.4, -0.2) is 98.7 Å². The maximum atomic E-state index is 11.4. The van der Waals surface area contributed by atoms with Gasteiger partial charge in [-0.15, -0.1) is 0 Å². The maximum Gasteiger partial charge on any atom is 0.362 e. The molecular weight excluding hydrogens is 372 g/mol. The van der Waals surface area contributed by atoms with E-state index in [0.29, 0.717) is 22.1 Å². The molecule has 0 aliphatic heterocycles. The summed E-state index contributed by atoms with van der Waals surface area (Å²) < 4.78 is 11.5. The van der Waals surface area contributed by atoms with E-state index in [-0.39, 0.29) is 38.8 Å². The van der Waals surface area contributed by atoms with Crippen molar-refractivity contribution < 1.29 is 33.1 Å². The largest absolute Gasteiger partial charge is 0.460 e. The van der Waals surface area contributed by atoms with Crippen LogP contribution in [0.25, 0.3) is 0 Å². The number of nitrogens with zero attached hydrogens (tertiary/aromatic N) is 2. The highest BCUT2D eigenvalue weighted by atomic mass is 16.6. The van der Waals surface area contributed by atoms with Crippen molar-refractivity contribution in [3.63, 3.8) is 0 Å². The molecule has 0 aliphatic carbocycles. The van der Waals surface area contributed by atoms with E-state index in [9.17, 15) is 14.7 Å². The van der Waals surface area contributed by atoms with Crippen molar-refractivity contribution in [3.8, 4) is 0 Å². The van der Waals surface area contributed by atoms with E-state index in [2.05, 4.69) is 0 Å². The van der Waals surface area contributed by atoms with Gasteiger partial charge in [-0.1, -0.05) is 14.9 Å². The first-order chi connectivity index (χ1) is 11.6. The molecule has 178 valence electrons. The molecule has 0 spiro atoms. The Morgan fingerprint density at radius 1 is 0.759 bits per heavy atom. The van der Waals surface area contributed by atoms with E-state index in [1.807, 2.05) is 83.8 Å². The van der Waals surface area contributed by atoms with Gasteiger partial charge in [-0.05, 0) is 41.5 Å². The third kappa shape index (κ3) is 31.7. The lowest BCUT2D eigenvalue weighted by atomic mass is 10.2. The van der Waals surface area contributed by atoms with Crippen molar-refractivity contribution in [1.29, 1.82) is 0 Å². The minimum Gasteiger partial charge on any atom is -0.460 e. The smallest absolute Gasteiger partial charge is 0.362 e. The molecule has 1 N–H and O–H groups in total. The number of esters is 2. The fourth-order valence-corrected chi connectivity index (χ4v) is 2.03. The Kier molecular flexibility index (Phi) is 16.0. The van der Waals surface area contributed by atoms with Crippen molar-refractivity contribution in [1.82, 2.24) is 0 Å². The predicted octanol–water partition coefficient (Wildman–Crippen LogP) is 3.09. The molecule has 0 aromatic heterocycles. The minimum absolute atomic E-state index is 0. The second kappa shape index (κ2) is 13.2. The lowest BCUT2D eigenvalue weighted by Gasteiger charge is -2.27. The Balaban J connectivity index is -0.000000206. The average Bonchev–Trinajstić information content (AvgIpc) is 2.16. The summed E-state index contributed by atoms with van der Waals surface area (Å²) in [6.45, 7) is 12.0. The molecule has 0 aromatic rings. The number of carbonyl (C=O) groups is 2. The number of carbonyl (C=O) groups excluding carboxylic acids is 2. The second-order valence-electron chi connectivity index (χ2n) is 11.0. The van der Waals surface area contributed by atoms with E-state index in [4.69, 9.17) is 9.47 Å². The number of aliphatic hydroxyl groups is 1. The van der Waals surface area contributed by atoms with Crippen LogP contribution in [0.15, 0.2) is 0 Å². The highest BCUT2D eigenvalue weighted by Crippen LogP contribution is 2.10. The van der Waals surface area contributed by atoms with Crippen molar-refractivity contribution in [2.75, 3.05) is 55.4 Å². The lowest BCUT2D eigenvalue weighted by Crippen LogP contribution is -2.42. The first-order valence-corrected chi connectivity index (χ1v) is 9.32. The van der Waals surface area contributed by atoms with Crippen molar-refractivity contribution in [2.45, 2.75) is 80.1 Å². The molecule has 1 atom stereocenters. The summed E-state index contributed by atoms with van der Waals surface area (Å²) in [6, 6.07) is 0. The Hall–Kier alpha value is -1.18. The van der Waals surface area contributed by atoms with Gasteiger partial charge in [-0.25, -0.2) is 4.79 Å². The molecular formula is C22H52N2O5+2. The van der Waals surface area contributed by atoms with Crippen LogP contribution >= 0.6 is 0 Å². The van der Waals surface area contributed by atoms with Crippen LogP contribution in [0.4, 0.5) is 0 Å². The molecule has 7 heteroatoms. The van der Waals surface area contributed by atoms with Crippen LogP contribution in [0, 0.1) is 0 Å². The molecule has 7 nitrogen and oxygen atoms in total. The normalized spacial score (nSPS) is 13.0. The number of hydrogen-bond donors (Lipinski definition) is 1. The summed E-state index contributed by atoms with van der Waals surface area (Å²) in [6.07, 6.45) is -0.577. The number of hydrogen-bond acceptors (Lipinski definition) is 5. The number of quaternary nitrogens is 2. The average molecular weight is 425 g/mol. The van der Waals surface area contributed by atoms with Gasteiger partial charge < -0.3 is 23.5 Å². The van der Waals surface area contributed by atoms with Crippen LogP contribution in [-0.2, 0) is 19.1 Å². The number of ether oxygens (including phenoxy) is 2. The van der Waals surface area contributed by atoms with Gasteiger partial charge in [0.05, 0.1) is 48.7 Å². The van der Waals surface area contributed by atoms with E-state index in [0.717, 1.165) is 0 Å². The van der Waals surface area contributed by atoms with E-state index in [1.54, 1.807) is 0 Å². The SMILES string of the molecule is C.C.CC(C)(C)OC(=O)CC(O)C[N+](C)(C)C.CC(C)(C)OC(=O)C[N+](C)(C)C. The third-order valence-electron chi connectivity index (χ3n) is 2.60. The quantitative estimate of drug-likeness (QED) is 0.524. The van der Waals surface area contributed by atoms with Crippen LogP contribution in [0.1, 0.15) is 62.8 Å². The Labute approximate surface area is 181 Å². The molecule has 0 saturated carbocycles. The third-order valence-corrected chi connectivity index (χ3v) is 2.60. The fraction of sp³-hybridized carbons (Fsp3) is 0.909. The molecule has 0 bridgehead atoms. The number of likely N-dealkylation sites (N-methyl/N-ethyl adjacent to an activating group) is 2. The van der Waals surface area contributed by atoms with Gasteiger partial charge in [0, 0.05) is 0 Å². The summed E-state index contributed by atoms with van der Waals surface area (Å²) >= 11 is 0. The Morgan fingerprint density at radius 2 is 1.10 bits per heavy atom. The molecule has 0 aliphatic rings. The summed E-state index contributed by atoms with van der Waals surface area (Å²) in [5.41, 5.74) is -0.848. The standard InChI is InChI=1S/C11H24NO3.C9H20NO2.2CH4/c1-11(2,3)15-10(14)7-9(13)8-12(4,5)6;1-9(2,3)12-8(11)7-10(4,5)6;;/h9,13H,7-8H2,1-6H3;7H2,1-6H3;2*1H4/q2*+1;;. The molecule has 0 aromatic carbocycles. The highest BCUT2D eigenvalue weighted by molar-refractivity contribution is 5.71. The lowest BCUT2D eigenvalue weighted by molar-refractivity contribution is -0.873. The van der Waals surface area contributed by atoms with Gasteiger partial charge in [0.1, 0.15) is 23.9 Å². The van der Waals surface area contributed by atoms with Crippen LogP contribution in [0.3, 0.4) is 0 Å². The maximum absolute atomic E-state index is 11.4. The fourth-order valence-electron chi connectivity index (χ4n) is 2.03. The van der Waals surface area contributed by atoms with Gasteiger partial charge in [0.15, 0.2) is 6.54 Å². The van der Waals surface area contributed by atoms with Crippen molar-refractivity contribution >= 4 is 11.9 Å². The summed E-state index contributed by atoms with van der Waals surface area (Å²) in [5, 5.41) is 9.64. The zero-order valence-electron chi connectivity index (χ0n) is 19.7. The molecule has 0 rings (SSSR count). The molecule has 0 amide bonds. The molecule has 29 heavy (non-hydrogen) atoms. The first kappa shape index (κ1) is 35.3. The summed E-state index contributed by atoms with van der Waals surface area (Å²) in [4.78, 5) is 22.6. The van der Waals surface area contributed by atoms with E-state index in [1.165, 1.54) is 0 Å². The zero-order valence-corrected chi connectivity index (χ0v) is 19.7. The zero-order chi connectivity index (χ0) is 22.3. The summed E-state index contributed by atoms with van der Waals surface area (Å²) in [5.74, 6) is -0.488. The molecule has 0 saturated heterocycles. The topological polar surface area (TPSA) is 72.8 Å². The molecule has 0 heterocycles. The number of aliphatic hydroxyl groups excluding tert-OH is 1. The van der Waals surface area contributed by atoms with Crippen molar-refractivity contribution in [3.05, 3.63) is 0 Å². The van der Waals surface area contributed by atoms with Crippen LogP contribution < -0.4 is 0 Å². The van der Waals surface area contributed by atoms with Gasteiger partial charge in [-0.3, -0.25) is 4.79 Å². The minimum atomic E-state index is -0.639. The second-order valence-corrected chi connectivity index (χ2v) is 11.0. The molecule has 0 radical (unpaired) electrons. The van der Waals surface area contributed by atoms with Crippen LogP contribution in [0.5, 0.6) is 0 Å². The van der Waals surface area contributed by atoms with Crippen LogP contribution in [0.2, 0.25) is 0 Å². The monoisotopic (exact) mass is 424 g/mol. The Bertz CT molecular complexity index is 446.